The van der Waals surface area contributed by atoms with Gasteiger partial charge in [-0.05, 0) is 49.6 Å². The van der Waals surface area contributed by atoms with Crippen molar-refractivity contribution in [1.29, 1.82) is 0 Å². The molecule has 2 amide bonds. The average molecular weight is 359 g/mol. The molecule has 0 radical (unpaired) electrons. The van der Waals surface area contributed by atoms with Gasteiger partial charge in [0.2, 0.25) is 0 Å². The molecule has 1 aliphatic rings. The summed E-state index contributed by atoms with van der Waals surface area (Å²) in [6.07, 6.45) is 7.44. The molecule has 1 saturated carbocycles. The highest BCUT2D eigenvalue weighted by Crippen LogP contribution is 2.23. The predicted octanol–water partition coefficient (Wildman–Crippen LogP) is 5.24. The van der Waals surface area contributed by atoms with E-state index >= 15 is 0 Å². The number of benzene rings is 1. The number of carbonyl (C=O) groups excluding carboxylic acids is 1. The van der Waals surface area contributed by atoms with E-state index in [1.807, 2.05) is 31.2 Å². The highest BCUT2D eigenvalue weighted by molar-refractivity contribution is 6.31. The number of carbonyl (C=O) groups is 1. The van der Waals surface area contributed by atoms with Gasteiger partial charge >= 0.3 is 6.03 Å². The number of rotatable bonds is 4. The first-order chi connectivity index (χ1) is 12.1. The summed E-state index contributed by atoms with van der Waals surface area (Å²) in [6.45, 7) is 1.96. The molecule has 1 heterocycles. The van der Waals surface area contributed by atoms with E-state index in [4.69, 9.17) is 11.6 Å². The number of aryl methyl sites for hydroxylation is 1. The smallest absolute Gasteiger partial charge is 0.320 e. The van der Waals surface area contributed by atoms with Crippen LogP contribution in [0.3, 0.4) is 0 Å². The van der Waals surface area contributed by atoms with E-state index in [0.717, 1.165) is 34.8 Å². The third-order valence-electron chi connectivity index (χ3n) is 4.41. The Balaban J connectivity index is 1.54. The van der Waals surface area contributed by atoms with Gasteiger partial charge in [-0.1, -0.05) is 36.9 Å². The molecule has 1 aliphatic carbocycles. The number of hydrogen-bond donors (Lipinski definition) is 3. The van der Waals surface area contributed by atoms with Gasteiger partial charge in [-0.15, -0.1) is 0 Å². The van der Waals surface area contributed by atoms with Crippen LogP contribution in [0.5, 0.6) is 0 Å². The second-order valence-corrected chi connectivity index (χ2v) is 6.86. The molecule has 0 spiro atoms. The van der Waals surface area contributed by atoms with Crippen molar-refractivity contribution in [2.75, 3.05) is 10.6 Å². The summed E-state index contributed by atoms with van der Waals surface area (Å²) in [4.78, 5) is 16.3. The van der Waals surface area contributed by atoms with Crippen molar-refractivity contribution >= 4 is 34.8 Å². The molecule has 0 aliphatic heterocycles. The molecule has 25 heavy (non-hydrogen) atoms. The topological polar surface area (TPSA) is 66.0 Å². The maximum absolute atomic E-state index is 12.0. The van der Waals surface area contributed by atoms with Crippen LogP contribution in [-0.4, -0.2) is 17.1 Å². The Morgan fingerprint density at radius 3 is 2.56 bits per heavy atom. The number of amides is 2. The second kappa shape index (κ2) is 8.21. The summed E-state index contributed by atoms with van der Waals surface area (Å²) in [5, 5.41) is 9.76. The fraction of sp³-hybridized carbons (Fsp3) is 0.368. The molecule has 2 aromatic rings. The molecular formula is C19H23ClN4O. The molecule has 1 aromatic carbocycles. The van der Waals surface area contributed by atoms with Crippen LogP contribution in [-0.2, 0) is 0 Å². The molecule has 1 aromatic heterocycles. The summed E-state index contributed by atoms with van der Waals surface area (Å²) >= 11 is 6.13. The third kappa shape index (κ3) is 5.10. The van der Waals surface area contributed by atoms with E-state index < -0.39 is 0 Å². The number of urea groups is 1. The fourth-order valence-electron chi connectivity index (χ4n) is 2.96. The first-order valence-electron chi connectivity index (χ1n) is 8.67. The first-order valence-corrected chi connectivity index (χ1v) is 9.05. The average Bonchev–Trinajstić information content (AvgIpc) is 2.61. The minimum atomic E-state index is -0.189. The Bertz CT molecular complexity index is 727. The van der Waals surface area contributed by atoms with Crippen molar-refractivity contribution in [1.82, 2.24) is 10.3 Å². The number of aromatic nitrogens is 1. The maximum atomic E-state index is 12.0. The second-order valence-electron chi connectivity index (χ2n) is 6.45. The monoisotopic (exact) mass is 358 g/mol. The Morgan fingerprint density at radius 2 is 1.88 bits per heavy atom. The Labute approximate surface area is 153 Å². The zero-order chi connectivity index (χ0) is 17.6. The number of pyridine rings is 1. The first kappa shape index (κ1) is 17.5. The van der Waals surface area contributed by atoms with E-state index in [2.05, 4.69) is 20.9 Å². The van der Waals surface area contributed by atoms with Crippen molar-refractivity contribution in [3.63, 3.8) is 0 Å². The molecule has 0 saturated heterocycles. The predicted molar refractivity (Wildman–Crippen MR) is 103 cm³/mol. The van der Waals surface area contributed by atoms with Crippen LogP contribution in [0, 0.1) is 6.92 Å². The summed E-state index contributed by atoms with van der Waals surface area (Å²) in [5.74, 6) is 0.529. The molecule has 0 unspecified atom stereocenters. The van der Waals surface area contributed by atoms with Crippen LogP contribution < -0.4 is 16.0 Å². The molecular weight excluding hydrogens is 336 g/mol. The van der Waals surface area contributed by atoms with Gasteiger partial charge in [-0.25, -0.2) is 9.78 Å². The van der Waals surface area contributed by atoms with Gasteiger partial charge < -0.3 is 10.6 Å². The minimum absolute atomic E-state index is 0.189. The molecule has 3 rings (SSSR count). The standard InChI is InChI=1S/C19H23ClN4O/c1-13-7-8-15(11-17(13)20)22-16-9-10-18(21-12-16)24-19(25)23-14-5-3-2-4-6-14/h7-12,14,22H,2-6H2,1H3,(H2,21,23,24,25). The van der Waals surface area contributed by atoms with Crippen molar-refractivity contribution in [3.8, 4) is 0 Å². The van der Waals surface area contributed by atoms with Crippen LogP contribution in [0.25, 0.3) is 0 Å². The normalized spacial score (nSPS) is 14.8. The van der Waals surface area contributed by atoms with Gasteiger partial charge in [0.1, 0.15) is 5.82 Å². The van der Waals surface area contributed by atoms with Crippen molar-refractivity contribution < 1.29 is 4.79 Å². The van der Waals surface area contributed by atoms with Gasteiger partial charge in [-0.2, -0.15) is 0 Å². The highest BCUT2D eigenvalue weighted by Gasteiger charge is 2.15. The number of halogens is 1. The van der Waals surface area contributed by atoms with Crippen LogP contribution in [0.15, 0.2) is 36.5 Å². The third-order valence-corrected chi connectivity index (χ3v) is 4.81. The zero-order valence-electron chi connectivity index (χ0n) is 14.3. The lowest BCUT2D eigenvalue weighted by Gasteiger charge is -2.22. The van der Waals surface area contributed by atoms with Gasteiger partial charge in [0, 0.05) is 16.8 Å². The van der Waals surface area contributed by atoms with E-state index in [-0.39, 0.29) is 12.1 Å². The summed E-state index contributed by atoms with van der Waals surface area (Å²) in [7, 11) is 0. The molecule has 1 fully saturated rings. The number of hydrogen-bond acceptors (Lipinski definition) is 3. The lowest BCUT2D eigenvalue weighted by atomic mass is 9.96. The Morgan fingerprint density at radius 1 is 1.12 bits per heavy atom. The van der Waals surface area contributed by atoms with Gasteiger partial charge in [0.05, 0.1) is 11.9 Å². The molecule has 6 heteroatoms. The van der Waals surface area contributed by atoms with Crippen molar-refractivity contribution in [2.24, 2.45) is 0 Å². The van der Waals surface area contributed by atoms with Crippen molar-refractivity contribution in [2.45, 2.75) is 45.1 Å². The van der Waals surface area contributed by atoms with Gasteiger partial charge in [0.15, 0.2) is 0 Å². The number of nitrogens with one attached hydrogen (secondary N) is 3. The summed E-state index contributed by atoms with van der Waals surface area (Å²) in [6, 6.07) is 9.54. The molecule has 3 N–H and O–H groups in total. The molecule has 0 atom stereocenters. The SMILES string of the molecule is Cc1ccc(Nc2ccc(NC(=O)NC3CCCCC3)nc2)cc1Cl. The van der Waals surface area contributed by atoms with E-state index in [9.17, 15) is 4.79 Å². The maximum Gasteiger partial charge on any atom is 0.320 e. The van der Waals surface area contributed by atoms with Crippen LogP contribution >= 0.6 is 11.6 Å². The molecule has 0 bridgehead atoms. The van der Waals surface area contributed by atoms with E-state index in [1.54, 1.807) is 12.3 Å². The summed E-state index contributed by atoms with van der Waals surface area (Å²) < 4.78 is 0. The van der Waals surface area contributed by atoms with Crippen molar-refractivity contribution in [3.05, 3.63) is 47.1 Å². The number of anilines is 3. The lowest BCUT2D eigenvalue weighted by Crippen LogP contribution is -2.39. The fourth-order valence-corrected chi connectivity index (χ4v) is 3.14. The highest BCUT2D eigenvalue weighted by atomic mass is 35.5. The minimum Gasteiger partial charge on any atom is -0.354 e. The zero-order valence-corrected chi connectivity index (χ0v) is 15.1. The van der Waals surface area contributed by atoms with E-state index in [1.165, 1.54) is 19.3 Å². The lowest BCUT2D eigenvalue weighted by molar-refractivity contribution is 0.244. The molecule has 5 nitrogen and oxygen atoms in total. The van der Waals surface area contributed by atoms with Gasteiger partial charge in [0.25, 0.3) is 0 Å². The Kier molecular flexibility index (Phi) is 5.76. The largest absolute Gasteiger partial charge is 0.354 e. The van der Waals surface area contributed by atoms with Crippen LogP contribution in [0.4, 0.5) is 22.0 Å². The molecule has 132 valence electrons. The van der Waals surface area contributed by atoms with Crippen LogP contribution in [0.1, 0.15) is 37.7 Å². The Hall–Kier alpha value is -2.27. The quantitative estimate of drug-likeness (QED) is 0.700. The summed E-state index contributed by atoms with van der Waals surface area (Å²) in [5.41, 5.74) is 2.76. The van der Waals surface area contributed by atoms with Gasteiger partial charge in [-0.3, -0.25) is 5.32 Å². The van der Waals surface area contributed by atoms with E-state index in [0.29, 0.717) is 5.82 Å². The number of nitrogens with zero attached hydrogens (tertiary/aromatic N) is 1. The van der Waals surface area contributed by atoms with Crippen LogP contribution in [0.2, 0.25) is 5.02 Å².